The lowest BCUT2D eigenvalue weighted by Crippen LogP contribution is -2.17. The Morgan fingerprint density at radius 1 is 1.73 bits per heavy atom. The van der Waals surface area contributed by atoms with E-state index in [1.807, 2.05) is 0 Å². The van der Waals surface area contributed by atoms with Crippen LogP contribution < -0.4 is 5.73 Å². The molecule has 0 bridgehead atoms. The number of esters is 1. The standard InChI is InChI=1S/C10H13ClN2O2/c1-2-15-10(14)6-8(12)7-3-4-13-9(11)5-7/h3-5,8H,2,6,12H2,1H3/t8-/m0/s1. The average molecular weight is 229 g/mol. The first kappa shape index (κ1) is 11.9. The van der Waals surface area contributed by atoms with E-state index < -0.39 is 6.04 Å². The van der Waals surface area contributed by atoms with Gasteiger partial charge in [0.25, 0.3) is 0 Å². The van der Waals surface area contributed by atoms with Gasteiger partial charge in [0.1, 0.15) is 5.15 Å². The summed E-state index contributed by atoms with van der Waals surface area (Å²) in [4.78, 5) is 15.0. The lowest BCUT2D eigenvalue weighted by atomic mass is 10.1. The molecule has 0 aliphatic carbocycles. The monoisotopic (exact) mass is 228 g/mol. The quantitative estimate of drug-likeness (QED) is 0.629. The van der Waals surface area contributed by atoms with E-state index >= 15 is 0 Å². The van der Waals surface area contributed by atoms with Gasteiger partial charge in [-0.05, 0) is 24.6 Å². The Morgan fingerprint density at radius 3 is 3.07 bits per heavy atom. The molecule has 1 aromatic heterocycles. The van der Waals surface area contributed by atoms with Gasteiger partial charge in [-0.3, -0.25) is 4.79 Å². The van der Waals surface area contributed by atoms with Crippen molar-refractivity contribution < 1.29 is 9.53 Å². The molecule has 0 aromatic carbocycles. The van der Waals surface area contributed by atoms with Gasteiger partial charge in [0.05, 0.1) is 13.0 Å². The normalized spacial score (nSPS) is 12.2. The number of aromatic nitrogens is 1. The van der Waals surface area contributed by atoms with Crippen molar-refractivity contribution in [1.82, 2.24) is 4.98 Å². The third-order valence-electron chi connectivity index (χ3n) is 1.87. The number of hydrogen-bond acceptors (Lipinski definition) is 4. The molecule has 15 heavy (non-hydrogen) atoms. The Hall–Kier alpha value is -1.13. The molecule has 0 aliphatic rings. The van der Waals surface area contributed by atoms with E-state index in [0.29, 0.717) is 11.8 Å². The Bertz CT molecular complexity index is 344. The van der Waals surface area contributed by atoms with Crippen molar-refractivity contribution in [2.24, 2.45) is 5.73 Å². The summed E-state index contributed by atoms with van der Waals surface area (Å²) < 4.78 is 4.80. The lowest BCUT2D eigenvalue weighted by molar-refractivity contribution is -0.143. The van der Waals surface area contributed by atoms with E-state index in [9.17, 15) is 4.79 Å². The number of halogens is 1. The summed E-state index contributed by atoms with van der Waals surface area (Å²) >= 11 is 5.70. The lowest BCUT2D eigenvalue weighted by Gasteiger charge is -2.10. The third-order valence-corrected chi connectivity index (χ3v) is 2.08. The van der Waals surface area contributed by atoms with Gasteiger partial charge in [0, 0.05) is 12.2 Å². The highest BCUT2D eigenvalue weighted by Gasteiger charge is 2.12. The predicted molar refractivity (Wildman–Crippen MR) is 57.4 cm³/mol. The van der Waals surface area contributed by atoms with Crippen LogP contribution in [0.5, 0.6) is 0 Å². The number of carbonyl (C=O) groups is 1. The van der Waals surface area contributed by atoms with Crippen LogP contribution >= 0.6 is 11.6 Å². The molecule has 0 unspecified atom stereocenters. The Balaban J connectivity index is 2.60. The maximum absolute atomic E-state index is 11.2. The Labute approximate surface area is 93.4 Å². The zero-order valence-electron chi connectivity index (χ0n) is 8.44. The number of nitrogens with zero attached hydrogens (tertiary/aromatic N) is 1. The van der Waals surface area contributed by atoms with Crippen molar-refractivity contribution in [3.8, 4) is 0 Å². The summed E-state index contributed by atoms with van der Waals surface area (Å²) in [6.45, 7) is 2.12. The maximum atomic E-state index is 11.2. The summed E-state index contributed by atoms with van der Waals surface area (Å²) in [5.74, 6) is -0.307. The maximum Gasteiger partial charge on any atom is 0.307 e. The van der Waals surface area contributed by atoms with E-state index in [2.05, 4.69) is 4.98 Å². The molecule has 0 saturated heterocycles. The second-order valence-corrected chi connectivity index (χ2v) is 3.41. The molecule has 0 amide bonds. The van der Waals surface area contributed by atoms with Crippen molar-refractivity contribution in [2.75, 3.05) is 6.61 Å². The number of pyridine rings is 1. The van der Waals surface area contributed by atoms with Crippen LogP contribution in [0.1, 0.15) is 24.9 Å². The van der Waals surface area contributed by atoms with Crippen LogP contribution in [-0.2, 0) is 9.53 Å². The molecule has 0 radical (unpaired) electrons. The van der Waals surface area contributed by atoms with Crippen molar-refractivity contribution in [1.29, 1.82) is 0 Å². The highest BCUT2D eigenvalue weighted by Crippen LogP contribution is 2.16. The number of ether oxygens (including phenoxy) is 1. The molecule has 82 valence electrons. The first-order valence-corrected chi connectivity index (χ1v) is 5.04. The number of hydrogen-bond donors (Lipinski definition) is 1. The van der Waals surface area contributed by atoms with E-state index in [1.54, 1.807) is 25.3 Å². The molecular formula is C10H13ClN2O2. The van der Waals surface area contributed by atoms with Crippen molar-refractivity contribution in [3.63, 3.8) is 0 Å². The summed E-state index contributed by atoms with van der Waals surface area (Å²) in [7, 11) is 0. The predicted octanol–water partition coefficient (Wildman–Crippen LogP) is 1.69. The minimum Gasteiger partial charge on any atom is -0.466 e. The van der Waals surface area contributed by atoms with E-state index in [1.165, 1.54) is 0 Å². The molecule has 1 rings (SSSR count). The van der Waals surface area contributed by atoms with Crippen LogP contribution in [0.15, 0.2) is 18.3 Å². The minimum absolute atomic E-state index is 0.147. The number of carbonyl (C=O) groups excluding carboxylic acids is 1. The highest BCUT2D eigenvalue weighted by atomic mass is 35.5. The number of nitrogens with two attached hydrogens (primary N) is 1. The van der Waals surface area contributed by atoms with Gasteiger partial charge in [-0.1, -0.05) is 11.6 Å². The molecule has 4 nitrogen and oxygen atoms in total. The first-order valence-electron chi connectivity index (χ1n) is 4.66. The molecule has 1 heterocycles. The molecule has 1 atom stereocenters. The smallest absolute Gasteiger partial charge is 0.307 e. The van der Waals surface area contributed by atoms with E-state index in [-0.39, 0.29) is 12.4 Å². The summed E-state index contributed by atoms with van der Waals surface area (Å²) in [5.41, 5.74) is 6.59. The minimum atomic E-state index is -0.399. The SMILES string of the molecule is CCOC(=O)C[C@H](N)c1ccnc(Cl)c1. The highest BCUT2D eigenvalue weighted by molar-refractivity contribution is 6.29. The van der Waals surface area contributed by atoms with Gasteiger partial charge >= 0.3 is 5.97 Å². The molecule has 0 fully saturated rings. The van der Waals surface area contributed by atoms with Gasteiger partial charge < -0.3 is 10.5 Å². The van der Waals surface area contributed by atoms with Crippen LogP contribution in [0.3, 0.4) is 0 Å². The average Bonchev–Trinajstić information content (AvgIpc) is 2.18. The van der Waals surface area contributed by atoms with Gasteiger partial charge in [0.15, 0.2) is 0 Å². The van der Waals surface area contributed by atoms with Gasteiger partial charge in [0.2, 0.25) is 0 Å². The Kier molecular flexibility index (Phi) is 4.52. The summed E-state index contributed by atoms with van der Waals surface area (Å²) in [6, 6.07) is 2.98. The zero-order valence-corrected chi connectivity index (χ0v) is 9.20. The fourth-order valence-corrected chi connectivity index (χ4v) is 1.35. The van der Waals surface area contributed by atoms with Crippen molar-refractivity contribution in [2.45, 2.75) is 19.4 Å². The molecule has 1 aromatic rings. The molecular weight excluding hydrogens is 216 g/mol. The Morgan fingerprint density at radius 2 is 2.47 bits per heavy atom. The summed E-state index contributed by atoms with van der Waals surface area (Å²) in [6.07, 6.45) is 1.71. The van der Waals surface area contributed by atoms with Crippen LogP contribution in [0.25, 0.3) is 0 Å². The van der Waals surface area contributed by atoms with E-state index in [0.717, 1.165) is 5.56 Å². The van der Waals surface area contributed by atoms with Crippen LogP contribution in [0, 0.1) is 0 Å². The largest absolute Gasteiger partial charge is 0.466 e. The summed E-state index contributed by atoms with van der Waals surface area (Å²) in [5, 5.41) is 0.367. The van der Waals surface area contributed by atoms with Crippen LogP contribution in [-0.4, -0.2) is 17.6 Å². The van der Waals surface area contributed by atoms with Gasteiger partial charge in [-0.2, -0.15) is 0 Å². The van der Waals surface area contributed by atoms with Crippen LogP contribution in [0.2, 0.25) is 5.15 Å². The fourth-order valence-electron chi connectivity index (χ4n) is 1.17. The van der Waals surface area contributed by atoms with Crippen LogP contribution in [0.4, 0.5) is 0 Å². The third kappa shape index (κ3) is 3.85. The molecule has 0 aliphatic heterocycles. The second-order valence-electron chi connectivity index (χ2n) is 3.03. The molecule has 2 N–H and O–H groups in total. The van der Waals surface area contributed by atoms with E-state index in [4.69, 9.17) is 22.1 Å². The number of rotatable bonds is 4. The fraction of sp³-hybridized carbons (Fsp3) is 0.400. The second kappa shape index (κ2) is 5.68. The van der Waals surface area contributed by atoms with Gasteiger partial charge in [-0.15, -0.1) is 0 Å². The topological polar surface area (TPSA) is 65.2 Å². The van der Waals surface area contributed by atoms with Gasteiger partial charge in [-0.25, -0.2) is 4.98 Å². The van der Waals surface area contributed by atoms with Crippen molar-refractivity contribution >= 4 is 17.6 Å². The van der Waals surface area contributed by atoms with Crippen molar-refractivity contribution in [3.05, 3.63) is 29.0 Å². The molecule has 0 spiro atoms. The molecule has 5 heteroatoms. The molecule has 0 saturated carbocycles. The first-order chi connectivity index (χ1) is 7.13. The zero-order chi connectivity index (χ0) is 11.3.